The fourth-order valence-electron chi connectivity index (χ4n) is 2.25. The van der Waals surface area contributed by atoms with Crippen LogP contribution < -0.4 is 10.6 Å². The highest BCUT2D eigenvalue weighted by Gasteiger charge is 2.13. The van der Waals surface area contributed by atoms with Gasteiger partial charge in [-0.05, 0) is 31.5 Å². The molecule has 3 heterocycles. The second-order valence-electron chi connectivity index (χ2n) is 4.25. The largest absolute Gasteiger partial charge is 0.367 e. The van der Waals surface area contributed by atoms with Crippen LogP contribution in [-0.2, 0) is 0 Å². The van der Waals surface area contributed by atoms with Gasteiger partial charge < -0.3 is 10.6 Å². The van der Waals surface area contributed by atoms with E-state index in [9.17, 15) is 0 Å². The summed E-state index contributed by atoms with van der Waals surface area (Å²) in [7, 11) is 0. The van der Waals surface area contributed by atoms with E-state index in [2.05, 4.69) is 26.1 Å². The Bertz CT molecular complexity index is 471. The molecule has 1 saturated heterocycles. The lowest BCUT2D eigenvalue weighted by molar-refractivity contribution is 0.478. The first-order valence-electron chi connectivity index (χ1n) is 5.83. The van der Waals surface area contributed by atoms with Crippen molar-refractivity contribution in [2.75, 3.05) is 18.4 Å². The molecule has 4 heteroatoms. The van der Waals surface area contributed by atoms with Crippen molar-refractivity contribution >= 4 is 11.5 Å². The number of aromatic nitrogens is 2. The van der Waals surface area contributed by atoms with E-state index >= 15 is 0 Å². The third kappa shape index (κ3) is 1.76. The Morgan fingerprint density at radius 3 is 3.31 bits per heavy atom. The molecule has 1 atom stereocenters. The Hall–Kier alpha value is -1.55. The number of imidazole rings is 1. The van der Waals surface area contributed by atoms with Gasteiger partial charge in [-0.25, -0.2) is 4.98 Å². The monoisotopic (exact) mass is 216 g/mol. The smallest absolute Gasteiger partial charge is 0.138 e. The molecule has 4 nitrogen and oxygen atoms in total. The Morgan fingerprint density at radius 1 is 1.44 bits per heavy atom. The van der Waals surface area contributed by atoms with Crippen molar-refractivity contribution in [3.63, 3.8) is 0 Å². The number of anilines is 1. The van der Waals surface area contributed by atoms with Gasteiger partial charge in [-0.2, -0.15) is 0 Å². The molecule has 0 amide bonds. The number of hydrogen-bond donors (Lipinski definition) is 2. The summed E-state index contributed by atoms with van der Waals surface area (Å²) in [5, 5.41) is 6.98. The minimum Gasteiger partial charge on any atom is -0.367 e. The average Bonchev–Trinajstić information content (AvgIpc) is 2.80. The summed E-state index contributed by atoms with van der Waals surface area (Å²) in [6.45, 7) is 2.19. The van der Waals surface area contributed by atoms with Crippen molar-refractivity contribution in [3.05, 3.63) is 30.6 Å². The highest BCUT2D eigenvalue weighted by atomic mass is 15.1. The fourth-order valence-corrected chi connectivity index (χ4v) is 2.25. The summed E-state index contributed by atoms with van der Waals surface area (Å²) in [4.78, 5) is 4.28. The van der Waals surface area contributed by atoms with Gasteiger partial charge in [0, 0.05) is 25.0 Å². The maximum atomic E-state index is 4.28. The van der Waals surface area contributed by atoms with Gasteiger partial charge in [0.2, 0.25) is 0 Å². The Labute approximate surface area is 94.7 Å². The van der Waals surface area contributed by atoms with Crippen molar-refractivity contribution in [2.45, 2.75) is 18.9 Å². The number of nitrogens with one attached hydrogen (secondary N) is 2. The number of rotatable bonds is 2. The maximum absolute atomic E-state index is 4.28. The second kappa shape index (κ2) is 4.14. The predicted octanol–water partition coefficient (Wildman–Crippen LogP) is 1.50. The van der Waals surface area contributed by atoms with Crippen LogP contribution in [0.2, 0.25) is 0 Å². The van der Waals surface area contributed by atoms with E-state index in [-0.39, 0.29) is 0 Å². The van der Waals surface area contributed by atoms with Crippen molar-refractivity contribution < 1.29 is 0 Å². The van der Waals surface area contributed by atoms with Crippen LogP contribution >= 0.6 is 0 Å². The van der Waals surface area contributed by atoms with Gasteiger partial charge in [-0.3, -0.25) is 4.40 Å². The van der Waals surface area contributed by atoms with Crippen LogP contribution in [0.25, 0.3) is 5.65 Å². The van der Waals surface area contributed by atoms with Crippen LogP contribution in [-0.4, -0.2) is 28.5 Å². The molecule has 2 aromatic rings. The molecular weight excluding hydrogens is 200 g/mol. The molecule has 16 heavy (non-hydrogen) atoms. The summed E-state index contributed by atoms with van der Waals surface area (Å²) in [5.41, 5.74) is 0.994. The number of hydrogen-bond acceptors (Lipinski definition) is 3. The molecule has 1 aliphatic rings. The maximum Gasteiger partial charge on any atom is 0.138 e. The van der Waals surface area contributed by atoms with E-state index in [1.54, 1.807) is 0 Å². The van der Waals surface area contributed by atoms with Crippen LogP contribution in [0.4, 0.5) is 5.82 Å². The van der Waals surface area contributed by atoms with Crippen molar-refractivity contribution in [1.82, 2.24) is 14.7 Å². The summed E-state index contributed by atoms with van der Waals surface area (Å²) in [6.07, 6.45) is 6.31. The van der Waals surface area contributed by atoms with Gasteiger partial charge in [-0.15, -0.1) is 0 Å². The minimum atomic E-state index is 0.529. The zero-order valence-electron chi connectivity index (χ0n) is 9.19. The summed E-state index contributed by atoms with van der Waals surface area (Å²) < 4.78 is 2.09. The van der Waals surface area contributed by atoms with E-state index in [1.165, 1.54) is 12.8 Å². The molecule has 0 spiro atoms. The molecule has 0 aromatic carbocycles. The molecule has 2 aromatic heterocycles. The van der Waals surface area contributed by atoms with Crippen LogP contribution in [0.5, 0.6) is 0 Å². The van der Waals surface area contributed by atoms with Crippen LogP contribution in [0.3, 0.4) is 0 Å². The standard InChI is InChI=1S/C12H16N4/c1-4-11-14-7-8-16(11)12(5-1)15-10-3-2-6-13-9-10/h1,4-5,7-8,10,13,15H,2-3,6,9H2/t10-/m0/s1. The number of nitrogens with zero attached hydrogens (tertiary/aromatic N) is 2. The molecule has 0 saturated carbocycles. The molecule has 1 aliphatic heterocycles. The number of fused-ring (bicyclic) bond motifs is 1. The van der Waals surface area contributed by atoms with E-state index in [0.29, 0.717) is 6.04 Å². The zero-order valence-corrected chi connectivity index (χ0v) is 9.19. The Kier molecular flexibility index (Phi) is 2.50. The second-order valence-corrected chi connectivity index (χ2v) is 4.25. The van der Waals surface area contributed by atoms with Crippen molar-refractivity contribution in [3.8, 4) is 0 Å². The van der Waals surface area contributed by atoms with Gasteiger partial charge in [0.1, 0.15) is 11.5 Å². The van der Waals surface area contributed by atoms with Crippen LogP contribution in [0, 0.1) is 0 Å². The first-order valence-corrected chi connectivity index (χ1v) is 5.83. The third-order valence-corrected chi connectivity index (χ3v) is 3.08. The normalized spacial score (nSPS) is 21.1. The SMILES string of the molecule is c1cc(N[C@H]2CCCNC2)n2ccnc2c1. The highest BCUT2D eigenvalue weighted by molar-refractivity contribution is 5.50. The zero-order chi connectivity index (χ0) is 10.8. The summed E-state index contributed by atoms with van der Waals surface area (Å²) in [5.74, 6) is 1.13. The van der Waals surface area contributed by atoms with Gasteiger partial charge in [0.05, 0.1) is 0 Å². The summed E-state index contributed by atoms with van der Waals surface area (Å²) >= 11 is 0. The summed E-state index contributed by atoms with van der Waals surface area (Å²) in [6, 6.07) is 6.69. The van der Waals surface area contributed by atoms with Gasteiger partial charge in [-0.1, -0.05) is 6.07 Å². The van der Waals surface area contributed by atoms with Crippen molar-refractivity contribution in [1.29, 1.82) is 0 Å². The van der Waals surface area contributed by atoms with E-state index in [1.807, 2.05) is 24.5 Å². The van der Waals surface area contributed by atoms with E-state index in [4.69, 9.17) is 0 Å². The average molecular weight is 216 g/mol. The molecule has 1 fully saturated rings. The lowest BCUT2D eigenvalue weighted by Crippen LogP contribution is -2.38. The quantitative estimate of drug-likeness (QED) is 0.799. The molecule has 84 valence electrons. The molecule has 0 aliphatic carbocycles. The topological polar surface area (TPSA) is 41.4 Å². The fraction of sp³-hybridized carbons (Fsp3) is 0.417. The minimum absolute atomic E-state index is 0.529. The third-order valence-electron chi connectivity index (χ3n) is 3.08. The highest BCUT2D eigenvalue weighted by Crippen LogP contribution is 2.14. The molecule has 3 rings (SSSR count). The number of pyridine rings is 1. The van der Waals surface area contributed by atoms with Gasteiger partial charge in [0.25, 0.3) is 0 Å². The van der Waals surface area contributed by atoms with Crippen LogP contribution in [0.15, 0.2) is 30.6 Å². The Balaban J connectivity index is 1.85. The first-order chi connectivity index (χ1) is 7.93. The molecule has 0 unspecified atom stereocenters. The Morgan fingerprint density at radius 2 is 2.44 bits per heavy atom. The lowest BCUT2D eigenvalue weighted by atomic mass is 10.1. The lowest BCUT2D eigenvalue weighted by Gasteiger charge is -2.25. The molecule has 2 N–H and O–H groups in total. The van der Waals surface area contributed by atoms with Crippen LogP contribution in [0.1, 0.15) is 12.8 Å². The first kappa shape index (κ1) is 9.66. The molecule has 0 radical (unpaired) electrons. The van der Waals surface area contributed by atoms with E-state index < -0.39 is 0 Å². The predicted molar refractivity (Wildman–Crippen MR) is 64.7 cm³/mol. The van der Waals surface area contributed by atoms with Gasteiger partial charge >= 0.3 is 0 Å². The van der Waals surface area contributed by atoms with E-state index in [0.717, 1.165) is 24.6 Å². The van der Waals surface area contributed by atoms with Crippen molar-refractivity contribution in [2.24, 2.45) is 0 Å². The number of piperidine rings is 1. The van der Waals surface area contributed by atoms with Gasteiger partial charge in [0.15, 0.2) is 0 Å². The molecule has 0 bridgehead atoms. The molecular formula is C12H16N4.